The monoisotopic (exact) mass is 235 g/mol. The summed E-state index contributed by atoms with van der Waals surface area (Å²) in [5.41, 5.74) is 4.19. The molecule has 0 saturated carbocycles. The molecule has 1 aromatic carbocycles. The van der Waals surface area contributed by atoms with Crippen molar-refractivity contribution in [1.29, 1.82) is 0 Å². The van der Waals surface area contributed by atoms with E-state index in [4.69, 9.17) is 20.8 Å². The third-order valence-electron chi connectivity index (χ3n) is 2.66. The van der Waals surface area contributed by atoms with Gasteiger partial charge >= 0.3 is 0 Å². The lowest BCUT2D eigenvalue weighted by Crippen LogP contribution is -1.85. The van der Waals surface area contributed by atoms with E-state index < -0.39 is 0 Å². The average molecular weight is 236 g/mol. The van der Waals surface area contributed by atoms with Crippen molar-refractivity contribution in [3.05, 3.63) is 41.3 Å². The van der Waals surface area contributed by atoms with Crippen LogP contribution in [0.3, 0.4) is 0 Å². The zero-order valence-corrected chi connectivity index (χ0v) is 9.33. The van der Waals surface area contributed by atoms with Crippen LogP contribution in [-0.4, -0.2) is 4.98 Å². The molecule has 0 bridgehead atoms. The minimum absolute atomic E-state index is 0.373. The molecule has 0 unspecified atom stereocenters. The van der Waals surface area contributed by atoms with Gasteiger partial charge < -0.3 is 9.15 Å². The van der Waals surface area contributed by atoms with Crippen LogP contribution in [0.4, 0.5) is 0 Å². The summed E-state index contributed by atoms with van der Waals surface area (Å²) in [5.74, 6) is 0.989. The maximum absolute atomic E-state index is 5.68. The number of ether oxygens (including phenoxy) is 1. The molecule has 3 rings (SSSR count). The summed E-state index contributed by atoms with van der Waals surface area (Å²) in [6.45, 7) is 1.38. The predicted octanol–water partition coefficient (Wildman–Crippen LogP) is 3.11. The van der Waals surface area contributed by atoms with E-state index in [1.165, 1.54) is 11.1 Å². The Morgan fingerprint density at radius 1 is 1.25 bits per heavy atom. The van der Waals surface area contributed by atoms with Gasteiger partial charge in [-0.25, -0.2) is 4.98 Å². The Kier molecular flexibility index (Phi) is 2.42. The van der Waals surface area contributed by atoms with Crippen LogP contribution in [0, 0.1) is 0 Å². The van der Waals surface area contributed by atoms with Crippen LogP contribution in [0.5, 0.6) is 0 Å². The molecule has 0 fully saturated rings. The van der Waals surface area contributed by atoms with Gasteiger partial charge in [0.25, 0.3) is 0 Å². The van der Waals surface area contributed by atoms with Crippen molar-refractivity contribution >= 4 is 11.6 Å². The van der Waals surface area contributed by atoms with E-state index in [0.29, 0.717) is 25.0 Å². The molecule has 2 aromatic rings. The van der Waals surface area contributed by atoms with Gasteiger partial charge in [0.15, 0.2) is 0 Å². The van der Waals surface area contributed by atoms with Crippen LogP contribution in [0.1, 0.15) is 16.8 Å². The Labute approximate surface area is 98.0 Å². The molecular formula is C12H10ClNO2. The molecule has 1 aromatic heterocycles. The Hall–Kier alpha value is -1.32. The molecule has 0 N–H and O–H groups in total. The number of fused-ring (bicyclic) bond motifs is 1. The quantitative estimate of drug-likeness (QED) is 0.751. The standard InChI is InChI=1S/C12H10ClNO2/c13-4-11-7-16-12(14-11)8-1-2-9-5-15-6-10(9)3-8/h1-3,7H,4-6H2. The van der Waals surface area contributed by atoms with Gasteiger partial charge in [-0.1, -0.05) is 6.07 Å². The fourth-order valence-corrected chi connectivity index (χ4v) is 1.93. The van der Waals surface area contributed by atoms with Gasteiger partial charge in [-0.3, -0.25) is 0 Å². The fraction of sp³-hybridized carbons (Fsp3) is 0.250. The number of hydrogen-bond donors (Lipinski definition) is 0. The molecule has 3 nitrogen and oxygen atoms in total. The Balaban J connectivity index is 2.00. The molecule has 0 saturated heterocycles. The summed E-state index contributed by atoms with van der Waals surface area (Å²) in [4.78, 5) is 4.29. The van der Waals surface area contributed by atoms with Gasteiger partial charge in [-0.15, -0.1) is 11.6 Å². The molecule has 82 valence electrons. The topological polar surface area (TPSA) is 35.3 Å². The number of benzene rings is 1. The van der Waals surface area contributed by atoms with Crippen molar-refractivity contribution in [3.63, 3.8) is 0 Å². The van der Waals surface area contributed by atoms with Crippen LogP contribution < -0.4 is 0 Å². The second-order valence-corrected chi connectivity index (χ2v) is 4.02. The molecule has 0 radical (unpaired) electrons. The molecule has 4 heteroatoms. The Morgan fingerprint density at radius 2 is 2.12 bits per heavy atom. The number of aromatic nitrogens is 1. The zero-order valence-electron chi connectivity index (χ0n) is 8.57. The van der Waals surface area contributed by atoms with Crippen LogP contribution in [-0.2, 0) is 23.8 Å². The maximum Gasteiger partial charge on any atom is 0.226 e. The highest BCUT2D eigenvalue weighted by molar-refractivity contribution is 6.16. The first kappa shape index (κ1) is 9.87. The molecular weight excluding hydrogens is 226 g/mol. The van der Waals surface area contributed by atoms with E-state index in [2.05, 4.69) is 17.1 Å². The highest BCUT2D eigenvalue weighted by Crippen LogP contribution is 2.26. The first-order valence-corrected chi connectivity index (χ1v) is 5.60. The number of alkyl halides is 1. The highest BCUT2D eigenvalue weighted by Gasteiger charge is 2.13. The lowest BCUT2D eigenvalue weighted by atomic mass is 10.1. The number of nitrogens with zero attached hydrogens (tertiary/aromatic N) is 1. The summed E-state index contributed by atoms with van der Waals surface area (Å²) < 4.78 is 10.7. The van der Waals surface area contributed by atoms with Gasteiger partial charge in [-0.05, 0) is 23.3 Å². The molecule has 0 spiro atoms. The second-order valence-electron chi connectivity index (χ2n) is 3.75. The summed E-state index contributed by atoms with van der Waals surface area (Å²) in [5, 5.41) is 0. The molecule has 1 aliphatic heterocycles. The first-order chi connectivity index (χ1) is 7.86. The van der Waals surface area contributed by atoms with E-state index in [9.17, 15) is 0 Å². The van der Waals surface area contributed by atoms with Crippen molar-refractivity contribution in [3.8, 4) is 11.5 Å². The largest absolute Gasteiger partial charge is 0.444 e. The maximum atomic E-state index is 5.68. The highest BCUT2D eigenvalue weighted by atomic mass is 35.5. The van der Waals surface area contributed by atoms with E-state index in [-0.39, 0.29) is 0 Å². The zero-order chi connectivity index (χ0) is 11.0. The van der Waals surface area contributed by atoms with Crippen molar-refractivity contribution < 1.29 is 9.15 Å². The van der Waals surface area contributed by atoms with Crippen LogP contribution in [0.2, 0.25) is 0 Å². The van der Waals surface area contributed by atoms with Crippen molar-refractivity contribution in [2.45, 2.75) is 19.1 Å². The average Bonchev–Trinajstić information content (AvgIpc) is 2.96. The van der Waals surface area contributed by atoms with Crippen molar-refractivity contribution in [2.24, 2.45) is 0 Å². The number of oxazole rings is 1. The van der Waals surface area contributed by atoms with Crippen LogP contribution in [0.25, 0.3) is 11.5 Å². The number of rotatable bonds is 2. The smallest absolute Gasteiger partial charge is 0.226 e. The van der Waals surface area contributed by atoms with Crippen LogP contribution in [0.15, 0.2) is 28.9 Å². The van der Waals surface area contributed by atoms with Gasteiger partial charge in [-0.2, -0.15) is 0 Å². The normalized spacial score (nSPS) is 14.1. The fourth-order valence-electron chi connectivity index (χ4n) is 1.81. The van der Waals surface area contributed by atoms with Gasteiger partial charge in [0.1, 0.15) is 6.26 Å². The molecule has 16 heavy (non-hydrogen) atoms. The number of hydrogen-bond acceptors (Lipinski definition) is 3. The molecule has 0 aliphatic carbocycles. The summed E-state index contributed by atoms with van der Waals surface area (Å²) in [6, 6.07) is 6.12. The summed E-state index contributed by atoms with van der Waals surface area (Å²) >= 11 is 5.68. The van der Waals surface area contributed by atoms with Gasteiger partial charge in [0.05, 0.1) is 24.8 Å². The predicted molar refractivity (Wildman–Crippen MR) is 60.0 cm³/mol. The van der Waals surface area contributed by atoms with E-state index in [0.717, 1.165) is 11.3 Å². The third kappa shape index (κ3) is 1.62. The molecule has 2 heterocycles. The lowest BCUT2D eigenvalue weighted by molar-refractivity contribution is 0.134. The Morgan fingerprint density at radius 3 is 2.94 bits per heavy atom. The van der Waals surface area contributed by atoms with Gasteiger partial charge in [0.2, 0.25) is 5.89 Å². The minimum atomic E-state index is 0.373. The molecule has 0 amide bonds. The first-order valence-electron chi connectivity index (χ1n) is 5.07. The van der Waals surface area contributed by atoms with Crippen molar-refractivity contribution in [2.75, 3.05) is 0 Å². The van der Waals surface area contributed by atoms with Crippen molar-refractivity contribution in [1.82, 2.24) is 4.98 Å². The number of halogens is 1. The second kappa shape index (κ2) is 3.92. The SMILES string of the molecule is ClCc1coc(-c2ccc3c(c2)COC3)n1. The van der Waals surface area contributed by atoms with Crippen LogP contribution >= 0.6 is 11.6 Å². The van der Waals surface area contributed by atoms with Gasteiger partial charge in [0, 0.05) is 5.56 Å². The minimum Gasteiger partial charge on any atom is -0.444 e. The molecule has 1 aliphatic rings. The van der Waals surface area contributed by atoms with E-state index in [1.807, 2.05) is 6.07 Å². The summed E-state index contributed by atoms with van der Waals surface area (Å²) in [6.07, 6.45) is 1.59. The Bertz CT molecular complexity index is 521. The van der Waals surface area contributed by atoms with E-state index >= 15 is 0 Å². The lowest BCUT2D eigenvalue weighted by Gasteiger charge is -1.99. The third-order valence-corrected chi connectivity index (χ3v) is 2.93. The van der Waals surface area contributed by atoms with E-state index in [1.54, 1.807) is 6.26 Å². The summed E-state index contributed by atoms with van der Waals surface area (Å²) in [7, 11) is 0. The molecule has 0 atom stereocenters.